The number of nitrogen functional groups attached to an aromatic ring is 1. The predicted octanol–water partition coefficient (Wildman–Crippen LogP) is 3.88. The molecule has 1 aromatic heterocycles. The average molecular weight is 568 g/mol. The first-order valence-corrected chi connectivity index (χ1v) is 16.2. The van der Waals surface area contributed by atoms with Gasteiger partial charge in [-0.3, -0.25) is 0 Å². The molecule has 0 spiro atoms. The van der Waals surface area contributed by atoms with Gasteiger partial charge in [-0.1, -0.05) is 18.2 Å². The van der Waals surface area contributed by atoms with Crippen LogP contribution in [0.25, 0.3) is 22.3 Å². The van der Waals surface area contributed by atoms with Crippen molar-refractivity contribution in [3.8, 4) is 11.4 Å². The number of hydrogen-bond donors (Lipinski definition) is 2. The summed E-state index contributed by atoms with van der Waals surface area (Å²) < 4.78 is 48.3. The van der Waals surface area contributed by atoms with Crippen molar-refractivity contribution in [1.29, 1.82) is 0 Å². The smallest absolute Gasteiger partial charge is 0.206 e. The van der Waals surface area contributed by atoms with E-state index in [4.69, 9.17) is 5.73 Å². The van der Waals surface area contributed by atoms with Gasteiger partial charge in [0.05, 0.1) is 21.1 Å². The maximum absolute atomic E-state index is 12.9. The van der Waals surface area contributed by atoms with Crippen molar-refractivity contribution in [2.45, 2.75) is 22.6 Å². The Kier molecular flexibility index (Phi) is 8.83. The molecule has 0 radical (unpaired) electrons. The Balaban J connectivity index is 1.38. The Morgan fingerprint density at radius 3 is 2.23 bits per heavy atom. The SMILES string of the molecule is CN(CCCCNc1ccc2nc(-c3ccc(S(=O)(=O)c4ccccc4)cc3)nc(N)c2c1)CCS(C)(=O)=O. The number of fused-ring (bicyclic) bond motifs is 1. The number of hydrogen-bond acceptors (Lipinski definition) is 9. The van der Waals surface area contributed by atoms with Gasteiger partial charge in [0.15, 0.2) is 5.82 Å². The van der Waals surface area contributed by atoms with E-state index >= 15 is 0 Å². The summed E-state index contributed by atoms with van der Waals surface area (Å²) in [6, 6.07) is 20.5. The van der Waals surface area contributed by atoms with E-state index in [0.717, 1.165) is 37.0 Å². The van der Waals surface area contributed by atoms with Crippen molar-refractivity contribution in [3.63, 3.8) is 0 Å². The number of nitrogens with zero attached hydrogens (tertiary/aromatic N) is 3. The van der Waals surface area contributed by atoms with Crippen molar-refractivity contribution in [3.05, 3.63) is 72.8 Å². The van der Waals surface area contributed by atoms with Crippen molar-refractivity contribution < 1.29 is 16.8 Å². The average Bonchev–Trinajstić information content (AvgIpc) is 2.92. The van der Waals surface area contributed by atoms with Crippen molar-refractivity contribution in [2.24, 2.45) is 0 Å². The first-order chi connectivity index (χ1) is 18.5. The summed E-state index contributed by atoms with van der Waals surface area (Å²) in [6.07, 6.45) is 3.13. The molecule has 3 N–H and O–H groups in total. The van der Waals surface area contributed by atoms with Crippen LogP contribution in [-0.4, -0.2) is 70.4 Å². The number of nitrogens with two attached hydrogens (primary N) is 1. The van der Waals surface area contributed by atoms with Gasteiger partial charge in [-0.05, 0) is 81.0 Å². The Morgan fingerprint density at radius 1 is 0.846 bits per heavy atom. The number of aromatic nitrogens is 2. The van der Waals surface area contributed by atoms with Crippen LogP contribution in [0.2, 0.25) is 0 Å². The molecule has 0 amide bonds. The normalized spacial score (nSPS) is 12.2. The first kappa shape index (κ1) is 28.5. The zero-order valence-electron chi connectivity index (χ0n) is 22.0. The maximum Gasteiger partial charge on any atom is 0.206 e. The van der Waals surface area contributed by atoms with Crippen molar-refractivity contribution >= 4 is 42.1 Å². The van der Waals surface area contributed by atoms with Crippen LogP contribution in [0.4, 0.5) is 11.5 Å². The van der Waals surface area contributed by atoms with Crippen LogP contribution in [0.5, 0.6) is 0 Å². The minimum atomic E-state index is -3.61. The quantitative estimate of drug-likeness (QED) is 0.245. The van der Waals surface area contributed by atoms with Crippen molar-refractivity contribution in [1.82, 2.24) is 14.9 Å². The highest BCUT2D eigenvalue weighted by Crippen LogP contribution is 2.27. The van der Waals surface area contributed by atoms with Gasteiger partial charge < -0.3 is 16.0 Å². The second kappa shape index (κ2) is 12.1. The zero-order chi connectivity index (χ0) is 28.0. The molecule has 0 unspecified atom stereocenters. The van der Waals surface area contributed by atoms with Gasteiger partial charge in [-0.15, -0.1) is 0 Å². The minimum Gasteiger partial charge on any atom is -0.385 e. The van der Waals surface area contributed by atoms with Gasteiger partial charge in [0.25, 0.3) is 0 Å². The molecule has 0 aliphatic carbocycles. The van der Waals surface area contributed by atoms with Crippen LogP contribution in [0.1, 0.15) is 12.8 Å². The van der Waals surface area contributed by atoms with Gasteiger partial charge in [0.1, 0.15) is 15.7 Å². The van der Waals surface area contributed by atoms with Crippen LogP contribution in [0, 0.1) is 0 Å². The second-order valence-electron chi connectivity index (χ2n) is 9.57. The third-order valence-electron chi connectivity index (χ3n) is 6.34. The second-order valence-corrected chi connectivity index (χ2v) is 13.8. The standard InChI is InChI=1S/C28H33N5O4S2/c1-33(18-19-38(2,34)35)17-7-6-16-30-22-12-15-26-25(20-22)27(29)32-28(31-26)21-10-13-24(14-11-21)39(36,37)23-8-4-3-5-9-23/h3-5,8-15,20,30H,6-7,16-19H2,1-2H3,(H2,29,31,32). The summed E-state index contributed by atoms with van der Waals surface area (Å²) in [7, 11) is -4.62. The molecule has 0 saturated heterocycles. The topological polar surface area (TPSA) is 135 Å². The number of nitrogens with one attached hydrogen (secondary N) is 1. The molecule has 1 heterocycles. The van der Waals surface area contributed by atoms with Crippen LogP contribution in [-0.2, 0) is 19.7 Å². The third-order valence-corrected chi connectivity index (χ3v) is 9.05. The number of anilines is 2. The van der Waals surface area contributed by atoms with Crippen LogP contribution < -0.4 is 11.1 Å². The van der Waals surface area contributed by atoms with Gasteiger partial charge in [0, 0.05) is 36.0 Å². The molecule has 4 rings (SSSR count). The lowest BCUT2D eigenvalue weighted by Gasteiger charge is -2.16. The monoisotopic (exact) mass is 567 g/mol. The largest absolute Gasteiger partial charge is 0.385 e. The van der Waals surface area contributed by atoms with E-state index < -0.39 is 19.7 Å². The molecule has 0 saturated carbocycles. The Bertz CT molecular complexity index is 1640. The van der Waals surface area contributed by atoms with Gasteiger partial charge >= 0.3 is 0 Å². The van der Waals surface area contributed by atoms with Crippen LogP contribution in [0.3, 0.4) is 0 Å². The fourth-order valence-electron chi connectivity index (χ4n) is 4.08. The molecule has 206 valence electrons. The summed E-state index contributed by atoms with van der Waals surface area (Å²) >= 11 is 0. The summed E-state index contributed by atoms with van der Waals surface area (Å²) in [5.41, 5.74) is 8.55. The Labute approximate surface area is 229 Å². The lowest BCUT2D eigenvalue weighted by molar-refractivity contribution is 0.345. The zero-order valence-corrected chi connectivity index (χ0v) is 23.7. The van der Waals surface area contributed by atoms with E-state index in [1.165, 1.54) is 6.26 Å². The van der Waals surface area contributed by atoms with Crippen LogP contribution >= 0.6 is 0 Å². The predicted molar refractivity (Wildman–Crippen MR) is 156 cm³/mol. The molecule has 39 heavy (non-hydrogen) atoms. The molecule has 3 aromatic carbocycles. The third kappa shape index (κ3) is 7.53. The highest BCUT2D eigenvalue weighted by molar-refractivity contribution is 7.91. The molecular weight excluding hydrogens is 534 g/mol. The summed E-state index contributed by atoms with van der Waals surface area (Å²) in [4.78, 5) is 11.6. The number of unbranched alkanes of at least 4 members (excludes halogenated alkanes) is 1. The molecule has 0 fully saturated rings. The van der Waals surface area contributed by atoms with E-state index in [0.29, 0.717) is 29.3 Å². The highest BCUT2D eigenvalue weighted by atomic mass is 32.2. The summed E-state index contributed by atoms with van der Waals surface area (Å²) in [6.45, 7) is 2.13. The van der Waals surface area contributed by atoms with Gasteiger partial charge in [0.2, 0.25) is 9.84 Å². The number of benzene rings is 3. The fraction of sp³-hybridized carbons (Fsp3) is 0.286. The molecule has 11 heteroatoms. The lowest BCUT2D eigenvalue weighted by Crippen LogP contribution is -2.26. The Hall–Kier alpha value is -3.54. The van der Waals surface area contributed by atoms with E-state index in [-0.39, 0.29) is 15.5 Å². The molecule has 0 atom stereocenters. The van der Waals surface area contributed by atoms with E-state index in [1.54, 1.807) is 54.6 Å². The van der Waals surface area contributed by atoms with Crippen LogP contribution in [0.15, 0.2) is 82.6 Å². The summed E-state index contributed by atoms with van der Waals surface area (Å²) in [5, 5.41) is 4.12. The summed E-state index contributed by atoms with van der Waals surface area (Å²) in [5.74, 6) is 0.933. The van der Waals surface area contributed by atoms with Gasteiger partial charge in [-0.25, -0.2) is 26.8 Å². The first-order valence-electron chi connectivity index (χ1n) is 12.6. The highest BCUT2D eigenvalue weighted by Gasteiger charge is 2.17. The van der Waals surface area contributed by atoms with Crippen molar-refractivity contribution in [2.75, 3.05) is 49.7 Å². The molecule has 4 aromatic rings. The maximum atomic E-state index is 12.9. The molecule has 0 bridgehead atoms. The molecular formula is C28H33N5O4S2. The number of sulfone groups is 2. The molecule has 0 aliphatic heterocycles. The lowest BCUT2D eigenvalue weighted by atomic mass is 10.1. The van der Waals surface area contributed by atoms with Gasteiger partial charge in [-0.2, -0.15) is 0 Å². The fourth-order valence-corrected chi connectivity index (χ4v) is 6.01. The van der Waals surface area contributed by atoms with E-state index in [9.17, 15) is 16.8 Å². The number of rotatable bonds is 12. The van der Waals surface area contributed by atoms with E-state index in [1.807, 2.05) is 30.1 Å². The molecule has 9 nitrogen and oxygen atoms in total. The molecule has 0 aliphatic rings. The Morgan fingerprint density at radius 2 is 1.54 bits per heavy atom. The van der Waals surface area contributed by atoms with E-state index in [2.05, 4.69) is 15.3 Å². The minimum absolute atomic E-state index is 0.172.